The van der Waals surface area contributed by atoms with Gasteiger partial charge < -0.3 is 5.32 Å². The van der Waals surface area contributed by atoms with Crippen molar-refractivity contribution in [3.8, 4) is 0 Å². The number of rotatable bonds is 4. The van der Waals surface area contributed by atoms with E-state index in [-0.39, 0.29) is 0 Å². The second-order valence-corrected chi connectivity index (χ2v) is 6.76. The van der Waals surface area contributed by atoms with Crippen LogP contribution in [0.25, 0.3) is 0 Å². The van der Waals surface area contributed by atoms with Crippen LogP contribution in [0, 0.1) is 5.92 Å². The predicted octanol–water partition coefficient (Wildman–Crippen LogP) is 2.07. The monoisotopic (exact) mass is 229 g/mol. The third-order valence-electron chi connectivity index (χ3n) is 4.04. The van der Waals surface area contributed by atoms with Gasteiger partial charge in [0.05, 0.1) is 5.25 Å². The van der Waals surface area contributed by atoms with Crippen LogP contribution < -0.4 is 5.32 Å². The molecule has 0 radical (unpaired) electrons. The van der Waals surface area contributed by atoms with Crippen LogP contribution in [0.2, 0.25) is 0 Å². The average molecular weight is 229 g/mol. The maximum atomic E-state index is 12.2. The molecule has 2 fully saturated rings. The lowest BCUT2D eigenvalue weighted by atomic mass is 10.1. The molecule has 0 aromatic carbocycles. The predicted molar refractivity (Wildman–Crippen MR) is 65.5 cm³/mol. The van der Waals surface area contributed by atoms with Gasteiger partial charge in [0.1, 0.15) is 0 Å². The van der Waals surface area contributed by atoms with Gasteiger partial charge in [-0.3, -0.25) is 4.21 Å². The third kappa shape index (κ3) is 2.82. The van der Waals surface area contributed by atoms with Crippen molar-refractivity contribution in [2.45, 2.75) is 56.2 Å². The molecule has 0 aromatic rings. The standard InChI is InChI=1S/C12H23NOS/c1-13-11-7-4-8-12(11)15(14)9-10-5-2-3-6-10/h10-13H,2-9H2,1H3. The summed E-state index contributed by atoms with van der Waals surface area (Å²) in [6, 6.07) is 0.521. The maximum absolute atomic E-state index is 12.2. The Bertz CT molecular complexity index is 226. The SMILES string of the molecule is CNC1CCCC1S(=O)CC1CCCC1. The fourth-order valence-corrected chi connectivity index (χ4v) is 5.22. The summed E-state index contributed by atoms with van der Waals surface area (Å²) in [5, 5.41) is 3.77. The van der Waals surface area contributed by atoms with Crippen LogP contribution in [0.4, 0.5) is 0 Å². The Labute approximate surface area is 95.7 Å². The molecule has 15 heavy (non-hydrogen) atoms. The fourth-order valence-electron chi connectivity index (χ4n) is 3.10. The summed E-state index contributed by atoms with van der Waals surface area (Å²) in [6.45, 7) is 0. The van der Waals surface area contributed by atoms with Gasteiger partial charge in [-0.15, -0.1) is 0 Å². The van der Waals surface area contributed by atoms with Gasteiger partial charge in [-0.2, -0.15) is 0 Å². The van der Waals surface area contributed by atoms with Gasteiger partial charge in [-0.1, -0.05) is 19.3 Å². The molecule has 3 unspecified atom stereocenters. The van der Waals surface area contributed by atoms with Crippen molar-refractivity contribution < 1.29 is 4.21 Å². The Morgan fingerprint density at radius 2 is 1.87 bits per heavy atom. The molecule has 0 aromatic heterocycles. The topological polar surface area (TPSA) is 29.1 Å². The summed E-state index contributed by atoms with van der Waals surface area (Å²) >= 11 is 0. The van der Waals surface area contributed by atoms with Gasteiger partial charge in [0.2, 0.25) is 0 Å². The summed E-state index contributed by atoms with van der Waals surface area (Å²) < 4.78 is 12.2. The van der Waals surface area contributed by atoms with E-state index in [1.807, 2.05) is 7.05 Å². The van der Waals surface area contributed by atoms with Crippen LogP contribution in [-0.2, 0) is 10.8 Å². The first-order valence-electron chi connectivity index (χ1n) is 6.35. The molecule has 2 nitrogen and oxygen atoms in total. The highest BCUT2D eigenvalue weighted by molar-refractivity contribution is 7.85. The number of nitrogens with one attached hydrogen (secondary N) is 1. The van der Waals surface area contributed by atoms with Crippen molar-refractivity contribution in [3.05, 3.63) is 0 Å². The van der Waals surface area contributed by atoms with E-state index in [1.165, 1.54) is 44.9 Å². The van der Waals surface area contributed by atoms with Gasteiger partial charge in [0.25, 0.3) is 0 Å². The second kappa shape index (κ2) is 5.44. The Balaban J connectivity index is 1.83. The van der Waals surface area contributed by atoms with Crippen LogP contribution in [0.3, 0.4) is 0 Å². The van der Waals surface area contributed by atoms with Crippen molar-refractivity contribution in [1.82, 2.24) is 5.32 Å². The zero-order chi connectivity index (χ0) is 10.7. The van der Waals surface area contributed by atoms with E-state index in [4.69, 9.17) is 0 Å². The smallest absolute Gasteiger partial charge is 0.0501 e. The van der Waals surface area contributed by atoms with Crippen LogP contribution in [0.1, 0.15) is 44.9 Å². The lowest BCUT2D eigenvalue weighted by Gasteiger charge is -2.20. The molecule has 0 heterocycles. The van der Waals surface area contributed by atoms with Gasteiger partial charge in [-0.05, 0) is 38.6 Å². The molecule has 88 valence electrons. The maximum Gasteiger partial charge on any atom is 0.0501 e. The molecule has 2 rings (SSSR count). The fraction of sp³-hybridized carbons (Fsp3) is 1.00. The quantitative estimate of drug-likeness (QED) is 0.799. The lowest BCUT2D eigenvalue weighted by Crippen LogP contribution is -2.37. The van der Waals surface area contributed by atoms with Gasteiger partial charge in [0.15, 0.2) is 0 Å². The summed E-state index contributed by atoms with van der Waals surface area (Å²) in [5.74, 6) is 1.74. The first kappa shape index (κ1) is 11.6. The molecule has 1 N–H and O–H groups in total. The van der Waals surface area contributed by atoms with Crippen LogP contribution in [-0.4, -0.2) is 28.3 Å². The Hall–Kier alpha value is 0.110. The molecule has 2 aliphatic rings. The minimum atomic E-state index is -0.578. The van der Waals surface area contributed by atoms with Crippen molar-refractivity contribution >= 4 is 10.8 Å². The van der Waals surface area contributed by atoms with E-state index in [1.54, 1.807) is 0 Å². The Kier molecular flexibility index (Phi) is 4.21. The molecule has 3 atom stereocenters. The summed E-state index contributed by atoms with van der Waals surface area (Å²) in [5.41, 5.74) is 0. The molecule has 0 aliphatic heterocycles. The van der Waals surface area contributed by atoms with Gasteiger partial charge in [0, 0.05) is 22.6 Å². The van der Waals surface area contributed by atoms with Crippen molar-refractivity contribution in [2.75, 3.05) is 12.8 Å². The second-order valence-electron chi connectivity index (χ2n) is 5.06. The molecular weight excluding hydrogens is 206 g/mol. The van der Waals surface area contributed by atoms with Crippen molar-refractivity contribution in [2.24, 2.45) is 5.92 Å². The molecule has 2 aliphatic carbocycles. The normalized spacial score (nSPS) is 34.7. The lowest BCUT2D eigenvalue weighted by molar-refractivity contribution is 0.562. The number of hydrogen-bond acceptors (Lipinski definition) is 2. The van der Waals surface area contributed by atoms with E-state index in [0.717, 1.165) is 11.7 Å². The van der Waals surface area contributed by atoms with E-state index >= 15 is 0 Å². The minimum Gasteiger partial charge on any atom is -0.316 e. The van der Waals surface area contributed by atoms with Crippen LogP contribution in [0.15, 0.2) is 0 Å². The highest BCUT2D eigenvalue weighted by Gasteiger charge is 2.32. The molecule has 2 saturated carbocycles. The molecule has 3 heteroatoms. The summed E-state index contributed by atoms with van der Waals surface area (Å²) in [6.07, 6.45) is 9.02. The highest BCUT2D eigenvalue weighted by Crippen LogP contribution is 2.29. The first-order valence-corrected chi connectivity index (χ1v) is 7.74. The molecule has 0 amide bonds. The highest BCUT2D eigenvalue weighted by atomic mass is 32.2. The van der Waals surface area contributed by atoms with E-state index in [0.29, 0.717) is 11.3 Å². The molecule has 0 saturated heterocycles. The zero-order valence-corrected chi connectivity index (χ0v) is 10.5. The minimum absolute atomic E-state index is 0.440. The molecule has 0 spiro atoms. The van der Waals surface area contributed by atoms with Gasteiger partial charge >= 0.3 is 0 Å². The van der Waals surface area contributed by atoms with E-state index in [9.17, 15) is 4.21 Å². The third-order valence-corrected chi connectivity index (χ3v) is 6.08. The van der Waals surface area contributed by atoms with Gasteiger partial charge in [-0.25, -0.2) is 0 Å². The van der Waals surface area contributed by atoms with Crippen molar-refractivity contribution in [3.63, 3.8) is 0 Å². The summed E-state index contributed by atoms with van der Waals surface area (Å²) in [4.78, 5) is 0. The van der Waals surface area contributed by atoms with Crippen molar-refractivity contribution in [1.29, 1.82) is 0 Å². The Morgan fingerprint density at radius 3 is 2.53 bits per heavy atom. The van der Waals surface area contributed by atoms with Crippen LogP contribution in [0.5, 0.6) is 0 Å². The van der Waals surface area contributed by atoms with Crippen LogP contribution >= 0.6 is 0 Å². The molecule has 0 bridgehead atoms. The first-order chi connectivity index (χ1) is 7.31. The summed E-state index contributed by atoms with van der Waals surface area (Å²) in [7, 11) is 1.43. The van der Waals surface area contributed by atoms with E-state index < -0.39 is 10.8 Å². The molecular formula is C12H23NOS. The average Bonchev–Trinajstić information content (AvgIpc) is 2.86. The largest absolute Gasteiger partial charge is 0.316 e. The Morgan fingerprint density at radius 1 is 1.13 bits per heavy atom. The zero-order valence-electron chi connectivity index (χ0n) is 9.71. The van der Waals surface area contributed by atoms with E-state index in [2.05, 4.69) is 5.32 Å². The number of hydrogen-bond donors (Lipinski definition) is 1.